The summed E-state index contributed by atoms with van der Waals surface area (Å²) in [6, 6.07) is 8.64. The summed E-state index contributed by atoms with van der Waals surface area (Å²) in [5, 5.41) is 6.38. The van der Waals surface area contributed by atoms with Crippen LogP contribution < -0.4 is 10.6 Å². The average molecular weight is 274 g/mol. The first-order valence-corrected chi connectivity index (χ1v) is 7.85. The number of anilines is 1. The van der Waals surface area contributed by atoms with E-state index < -0.39 is 0 Å². The van der Waals surface area contributed by atoms with Crippen LogP contribution in [0.25, 0.3) is 0 Å². The normalized spacial score (nSPS) is 22.5. The number of nitrogens with one attached hydrogen (secondary N) is 2. The van der Waals surface area contributed by atoms with Crippen LogP contribution >= 0.6 is 0 Å². The third-order valence-corrected chi connectivity index (χ3v) is 3.97. The molecule has 0 saturated carbocycles. The number of unbranched alkanes of at least 4 members (excludes halogenated alkanes) is 1. The van der Waals surface area contributed by atoms with Gasteiger partial charge in [0, 0.05) is 11.7 Å². The Labute approximate surface area is 122 Å². The molecule has 110 valence electrons. The zero-order chi connectivity index (χ0) is 14.4. The van der Waals surface area contributed by atoms with E-state index in [1.165, 1.54) is 18.4 Å². The van der Waals surface area contributed by atoms with E-state index in [-0.39, 0.29) is 11.9 Å². The van der Waals surface area contributed by atoms with E-state index in [1.807, 2.05) is 12.1 Å². The number of hydrogen-bond acceptors (Lipinski definition) is 2. The molecule has 0 bridgehead atoms. The Hall–Kier alpha value is -1.35. The first kappa shape index (κ1) is 15.0. The number of amides is 1. The predicted octanol–water partition coefficient (Wildman–Crippen LogP) is 3.50. The van der Waals surface area contributed by atoms with E-state index in [4.69, 9.17) is 0 Å². The molecule has 1 fully saturated rings. The predicted molar refractivity (Wildman–Crippen MR) is 83.9 cm³/mol. The summed E-state index contributed by atoms with van der Waals surface area (Å²) < 4.78 is 0. The SMILES string of the molecule is CCCCc1ccc(NC(=O)C2CCCC(C)N2)cc1. The molecule has 1 aliphatic rings. The van der Waals surface area contributed by atoms with Gasteiger partial charge in [-0.3, -0.25) is 4.79 Å². The van der Waals surface area contributed by atoms with Gasteiger partial charge in [-0.25, -0.2) is 0 Å². The minimum atomic E-state index is -0.0430. The third-order valence-electron chi connectivity index (χ3n) is 3.97. The van der Waals surface area contributed by atoms with E-state index in [1.54, 1.807) is 0 Å². The topological polar surface area (TPSA) is 41.1 Å². The summed E-state index contributed by atoms with van der Waals surface area (Å²) in [6.07, 6.45) is 6.77. The molecule has 3 heteroatoms. The highest BCUT2D eigenvalue weighted by Gasteiger charge is 2.23. The summed E-state index contributed by atoms with van der Waals surface area (Å²) in [6.45, 7) is 4.34. The van der Waals surface area contributed by atoms with Crippen LogP contribution in [0.2, 0.25) is 0 Å². The molecule has 1 aromatic carbocycles. The molecule has 3 nitrogen and oxygen atoms in total. The van der Waals surface area contributed by atoms with Crippen molar-refractivity contribution in [1.29, 1.82) is 0 Å². The highest BCUT2D eigenvalue weighted by Crippen LogP contribution is 2.16. The van der Waals surface area contributed by atoms with Crippen LogP contribution in [0.5, 0.6) is 0 Å². The number of piperidine rings is 1. The Kier molecular flexibility index (Phi) is 5.60. The van der Waals surface area contributed by atoms with Gasteiger partial charge in [0.2, 0.25) is 5.91 Å². The maximum absolute atomic E-state index is 12.2. The number of rotatable bonds is 5. The second kappa shape index (κ2) is 7.44. The van der Waals surface area contributed by atoms with Crippen LogP contribution in [-0.4, -0.2) is 18.0 Å². The summed E-state index contributed by atoms with van der Waals surface area (Å²) in [5.74, 6) is 0.0952. The monoisotopic (exact) mass is 274 g/mol. The molecule has 1 saturated heterocycles. The van der Waals surface area contributed by atoms with E-state index in [9.17, 15) is 4.79 Å². The van der Waals surface area contributed by atoms with Crippen molar-refractivity contribution < 1.29 is 4.79 Å². The largest absolute Gasteiger partial charge is 0.325 e. The minimum absolute atomic E-state index is 0.0430. The molecule has 2 unspecified atom stereocenters. The fourth-order valence-corrected chi connectivity index (χ4v) is 2.71. The van der Waals surface area contributed by atoms with Crippen molar-refractivity contribution in [1.82, 2.24) is 5.32 Å². The Balaban J connectivity index is 1.87. The van der Waals surface area contributed by atoms with E-state index in [2.05, 4.69) is 36.6 Å². The lowest BCUT2D eigenvalue weighted by Crippen LogP contribution is -2.47. The number of benzene rings is 1. The fourth-order valence-electron chi connectivity index (χ4n) is 2.71. The molecular formula is C17H26N2O. The Bertz CT molecular complexity index is 427. The maximum atomic E-state index is 12.2. The fraction of sp³-hybridized carbons (Fsp3) is 0.588. The van der Waals surface area contributed by atoms with Crippen LogP contribution in [0.15, 0.2) is 24.3 Å². The quantitative estimate of drug-likeness (QED) is 0.863. The van der Waals surface area contributed by atoms with Crippen molar-refractivity contribution in [2.24, 2.45) is 0 Å². The van der Waals surface area contributed by atoms with Gasteiger partial charge < -0.3 is 10.6 Å². The molecule has 1 amide bonds. The van der Waals surface area contributed by atoms with Gasteiger partial charge in [0.05, 0.1) is 6.04 Å². The van der Waals surface area contributed by atoms with Crippen molar-refractivity contribution >= 4 is 11.6 Å². The molecule has 1 heterocycles. The van der Waals surface area contributed by atoms with Gasteiger partial charge in [-0.2, -0.15) is 0 Å². The number of aryl methyl sites for hydroxylation is 1. The summed E-state index contributed by atoms with van der Waals surface area (Å²) >= 11 is 0. The molecule has 1 aromatic rings. The first-order valence-electron chi connectivity index (χ1n) is 7.85. The second-order valence-electron chi connectivity index (χ2n) is 5.84. The van der Waals surface area contributed by atoms with Crippen molar-refractivity contribution in [3.63, 3.8) is 0 Å². The first-order chi connectivity index (χ1) is 9.69. The van der Waals surface area contributed by atoms with Gasteiger partial charge in [0.25, 0.3) is 0 Å². The Morgan fingerprint density at radius 2 is 2.05 bits per heavy atom. The summed E-state index contributed by atoms with van der Waals surface area (Å²) in [4.78, 5) is 12.2. The lowest BCUT2D eigenvalue weighted by atomic mass is 9.99. The molecule has 0 radical (unpaired) electrons. The minimum Gasteiger partial charge on any atom is -0.325 e. The molecule has 2 rings (SSSR count). The summed E-state index contributed by atoms with van der Waals surface area (Å²) in [5.41, 5.74) is 2.24. The van der Waals surface area contributed by atoms with Gasteiger partial charge in [-0.1, -0.05) is 25.5 Å². The van der Waals surface area contributed by atoms with Crippen LogP contribution in [0.1, 0.15) is 51.5 Å². The Morgan fingerprint density at radius 1 is 1.30 bits per heavy atom. The lowest BCUT2D eigenvalue weighted by Gasteiger charge is -2.27. The van der Waals surface area contributed by atoms with Gasteiger partial charge in [0.15, 0.2) is 0 Å². The highest BCUT2D eigenvalue weighted by atomic mass is 16.2. The molecule has 0 aromatic heterocycles. The van der Waals surface area contributed by atoms with Crippen LogP contribution in [0, 0.1) is 0 Å². The number of carbonyl (C=O) groups is 1. The average Bonchev–Trinajstić information content (AvgIpc) is 2.46. The molecule has 2 atom stereocenters. The van der Waals surface area contributed by atoms with Gasteiger partial charge >= 0.3 is 0 Å². The molecule has 20 heavy (non-hydrogen) atoms. The van der Waals surface area contributed by atoms with Crippen molar-refractivity contribution in [2.45, 2.75) is 64.5 Å². The van der Waals surface area contributed by atoms with Crippen molar-refractivity contribution in [2.75, 3.05) is 5.32 Å². The van der Waals surface area contributed by atoms with Crippen molar-refractivity contribution in [3.8, 4) is 0 Å². The van der Waals surface area contributed by atoms with E-state index in [0.29, 0.717) is 6.04 Å². The van der Waals surface area contributed by atoms with Crippen LogP contribution in [0.4, 0.5) is 5.69 Å². The zero-order valence-electron chi connectivity index (χ0n) is 12.6. The number of carbonyl (C=O) groups excluding carboxylic acids is 1. The molecular weight excluding hydrogens is 248 g/mol. The molecule has 0 spiro atoms. The molecule has 0 aliphatic carbocycles. The van der Waals surface area contributed by atoms with Crippen molar-refractivity contribution in [3.05, 3.63) is 29.8 Å². The second-order valence-corrected chi connectivity index (χ2v) is 5.84. The standard InChI is InChI=1S/C17H26N2O/c1-3-4-7-14-9-11-15(12-10-14)19-17(20)16-8-5-6-13(2)18-16/h9-13,16,18H,3-8H2,1-2H3,(H,19,20). The number of hydrogen-bond donors (Lipinski definition) is 2. The van der Waals surface area contributed by atoms with E-state index >= 15 is 0 Å². The third kappa shape index (κ3) is 4.34. The van der Waals surface area contributed by atoms with Crippen LogP contribution in [0.3, 0.4) is 0 Å². The summed E-state index contributed by atoms with van der Waals surface area (Å²) in [7, 11) is 0. The molecule has 2 N–H and O–H groups in total. The van der Waals surface area contributed by atoms with Gasteiger partial charge in [-0.05, 0) is 56.7 Å². The zero-order valence-corrected chi connectivity index (χ0v) is 12.6. The maximum Gasteiger partial charge on any atom is 0.241 e. The smallest absolute Gasteiger partial charge is 0.241 e. The van der Waals surface area contributed by atoms with Crippen LogP contribution in [-0.2, 0) is 11.2 Å². The lowest BCUT2D eigenvalue weighted by molar-refractivity contribution is -0.118. The van der Waals surface area contributed by atoms with E-state index in [0.717, 1.165) is 31.4 Å². The highest BCUT2D eigenvalue weighted by molar-refractivity contribution is 5.94. The Morgan fingerprint density at radius 3 is 2.70 bits per heavy atom. The molecule has 1 aliphatic heterocycles. The van der Waals surface area contributed by atoms with Gasteiger partial charge in [0.1, 0.15) is 0 Å². The van der Waals surface area contributed by atoms with Gasteiger partial charge in [-0.15, -0.1) is 0 Å².